The van der Waals surface area contributed by atoms with Crippen LogP contribution in [0.5, 0.6) is 11.5 Å². The molecular weight excluding hydrogens is 1360 g/mol. The molecule has 0 spiro atoms. The molecule has 534 valence electrons. The number of benzene rings is 16. The fraction of sp³-hybridized carbons (Fsp3) is 0.0769. The highest BCUT2D eigenvalue weighted by Gasteiger charge is 2.49. The van der Waals surface area contributed by atoms with E-state index in [-0.39, 0.29) is 24.3 Å². The Morgan fingerprint density at radius 2 is 0.652 bits per heavy atom. The maximum atomic E-state index is 8.05. The predicted octanol–water partition coefficient (Wildman–Crippen LogP) is 24.4. The smallest absolute Gasteiger partial charge is 0.256 e. The average molecular weight is 1440 g/mol. The van der Waals surface area contributed by atoms with Gasteiger partial charge in [-0.2, -0.15) is 0 Å². The van der Waals surface area contributed by atoms with E-state index in [0.717, 1.165) is 152 Å². The Morgan fingerprint density at radius 3 is 1.20 bits per heavy atom. The molecule has 112 heavy (non-hydrogen) atoms. The Kier molecular flexibility index (Phi) is 16.5. The Morgan fingerprint density at radius 1 is 0.250 bits per heavy atom. The molecule has 0 unspecified atom stereocenters. The molecule has 0 saturated carbocycles. The summed E-state index contributed by atoms with van der Waals surface area (Å²) in [5.74, 6) is 1.60. The zero-order valence-electron chi connectivity index (χ0n) is 63.7. The van der Waals surface area contributed by atoms with Crippen LogP contribution in [0.15, 0.2) is 382 Å². The molecule has 0 aliphatic carbocycles. The second-order valence-electron chi connectivity index (χ2n) is 32.0. The molecule has 0 N–H and O–H groups in total. The van der Waals surface area contributed by atoms with Crippen molar-refractivity contribution in [3.63, 3.8) is 0 Å². The summed E-state index contributed by atoms with van der Waals surface area (Å²) >= 11 is 0. The van der Waals surface area contributed by atoms with Gasteiger partial charge in [-0.1, -0.05) is 321 Å². The number of fused-ring (bicyclic) bond motifs is 8. The lowest BCUT2D eigenvalue weighted by atomic mass is 9.30. The summed E-state index contributed by atoms with van der Waals surface area (Å²) in [4.78, 5) is 12.6. The van der Waals surface area contributed by atoms with Crippen molar-refractivity contribution in [2.45, 2.75) is 52.4 Å². The van der Waals surface area contributed by atoms with Crippen LogP contribution in [0.2, 0.25) is 0 Å². The van der Waals surface area contributed by atoms with Gasteiger partial charge in [-0.3, -0.25) is 0 Å². The first kappa shape index (κ1) is 67.8. The summed E-state index contributed by atoms with van der Waals surface area (Å²) < 4.78 is 8.05. The van der Waals surface area contributed by atoms with E-state index in [9.17, 15) is 0 Å². The average Bonchev–Trinajstić information content (AvgIpc) is 0.673. The van der Waals surface area contributed by atoms with Gasteiger partial charge in [0.1, 0.15) is 11.5 Å². The number of para-hydroxylation sites is 9. The molecule has 16 aromatic carbocycles. The van der Waals surface area contributed by atoms with Gasteiger partial charge in [-0.15, -0.1) is 0 Å². The standard InChI is InChI=1S/C104H81B2N5O/c1-103(2,3)74-60-56-72(57-61-74)82-46-25-29-52-90(82)108(78-42-21-11-22-43-78)80-64-95-100-96(65-80)111(102-84(70-34-13-7-14-35-70)48-33-49-85(102)71-36-15-8-16-37-71)94-69-98-89(68-88(94)105(100)87-51-28-32-55-93(87)110(95)91-53-30-26-47-83(91)73-58-62-75(63-59-73)104(4,5)6)106-86-50-27-31-54-92(86)109(79-44-23-12-24-45-79)97-66-81(67-99(112-98)101(97)106)107(76-38-17-9-18-39-76)77-40-19-10-20-41-77/h7-69H,1-6H3. The molecule has 0 radical (unpaired) electrons. The summed E-state index contributed by atoms with van der Waals surface area (Å²) in [5.41, 5.74) is 34.2. The summed E-state index contributed by atoms with van der Waals surface area (Å²) in [6, 6.07) is 142. The third-order valence-corrected chi connectivity index (χ3v) is 23.2. The van der Waals surface area contributed by atoms with Gasteiger partial charge in [0.05, 0.1) is 28.4 Å². The second-order valence-corrected chi connectivity index (χ2v) is 32.0. The normalized spacial score (nSPS) is 12.9. The van der Waals surface area contributed by atoms with E-state index < -0.39 is 0 Å². The molecule has 8 heteroatoms. The minimum absolute atomic E-state index is 0.0265. The molecule has 0 atom stereocenters. The predicted molar refractivity (Wildman–Crippen MR) is 475 cm³/mol. The minimum atomic E-state index is -0.308. The first-order valence-electron chi connectivity index (χ1n) is 39.1. The summed E-state index contributed by atoms with van der Waals surface area (Å²) in [5, 5.41) is 0. The third kappa shape index (κ3) is 11.5. The van der Waals surface area contributed by atoms with Gasteiger partial charge in [0, 0.05) is 91.3 Å². The van der Waals surface area contributed by atoms with Crippen LogP contribution < -0.4 is 62.0 Å². The van der Waals surface area contributed by atoms with Crippen molar-refractivity contribution in [3.8, 4) is 56.0 Å². The molecule has 20 rings (SSSR count). The zero-order chi connectivity index (χ0) is 75.3. The quantitative estimate of drug-likeness (QED) is 0.107. The van der Waals surface area contributed by atoms with E-state index in [4.69, 9.17) is 4.74 Å². The number of hydrogen-bond donors (Lipinski definition) is 0. The Labute approximate surface area is 658 Å². The van der Waals surface area contributed by atoms with Crippen molar-refractivity contribution in [2.24, 2.45) is 0 Å². The maximum Gasteiger partial charge on any atom is 0.256 e. The Bertz CT molecular complexity index is 6170. The van der Waals surface area contributed by atoms with Gasteiger partial charge in [0.25, 0.3) is 13.4 Å². The molecule has 0 bridgehead atoms. The SMILES string of the molecule is CC(C)(C)c1ccc(-c2ccccc2N(c2ccccc2)c2cc3c4c(c2)N(c2c(-c5ccccc5)cccc2-c2ccccc2)c2cc5c(cc2B4c2ccccc2N3c2ccccc2-c2ccc(C(C)(C)C)cc2)B2c3ccccc3N(c3ccccc3)c3cc(N(c4ccccc4)c4ccccc4)cc(c32)O5)cc1. The second kappa shape index (κ2) is 27.2. The maximum absolute atomic E-state index is 8.05. The van der Waals surface area contributed by atoms with Gasteiger partial charge in [-0.05, 0) is 168 Å². The molecule has 4 heterocycles. The molecular formula is C104H81B2N5O. The molecule has 6 nitrogen and oxygen atoms in total. The van der Waals surface area contributed by atoms with Crippen LogP contribution >= 0.6 is 0 Å². The van der Waals surface area contributed by atoms with Crippen molar-refractivity contribution in [1.82, 2.24) is 0 Å². The van der Waals surface area contributed by atoms with E-state index in [2.05, 4.69) is 448 Å². The first-order chi connectivity index (χ1) is 54.9. The molecule has 0 fully saturated rings. The van der Waals surface area contributed by atoms with Gasteiger partial charge in [0.15, 0.2) is 0 Å². The molecule has 0 saturated heterocycles. The topological polar surface area (TPSA) is 25.4 Å². The lowest BCUT2D eigenvalue weighted by Crippen LogP contribution is -2.64. The van der Waals surface area contributed by atoms with Crippen molar-refractivity contribution in [2.75, 3.05) is 24.5 Å². The number of anilines is 15. The highest BCUT2D eigenvalue weighted by atomic mass is 16.5. The molecule has 0 amide bonds. The van der Waals surface area contributed by atoms with Crippen LogP contribution in [-0.2, 0) is 10.8 Å². The van der Waals surface area contributed by atoms with Crippen LogP contribution in [0.1, 0.15) is 52.7 Å². The number of rotatable bonds is 13. The van der Waals surface area contributed by atoms with Crippen LogP contribution in [0.25, 0.3) is 44.5 Å². The fourth-order valence-corrected chi connectivity index (χ4v) is 17.9. The fourth-order valence-electron chi connectivity index (χ4n) is 17.9. The van der Waals surface area contributed by atoms with Crippen LogP contribution in [-0.4, -0.2) is 13.4 Å². The molecule has 0 aromatic heterocycles. The number of nitrogens with zero attached hydrogens (tertiary/aromatic N) is 5. The van der Waals surface area contributed by atoms with Crippen LogP contribution in [0.3, 0.4) is 0 Å². The van der Waals surface area contributed by atoms with Crippen molar-refractivity contribution in [1.29, 1.82) is 0 Å². The van der Waals surface area contributed by atoms with Crippen molar-refractivity contribution < 1.29 is 4.74 Å². The molecule has 4 aliphatic heterocycles. The van der Waals surface area contributed by atoms with E-state index in [1.54, 1.807) is 0 Å². The third-order valence-electron chi connectivity index (χ3n) is 23.2. The van der Waals surface area contributed by atoms with E-state index in [0.29, 0.717) is 0 Å². The first-order valence-corrected chi connectivity index (χ1v) is 39.1. The highest BCUT2D eigenvalue weighted by molar-refractivity contribution is 7.02. The van der Waals surface area contributed by atoms with Gasteiger partial charge < -0.3 is 29.2 Å². The lowest BCUT2D eigenvalue weighted by molar-refractivity contribution is 0.488. The largest absolute Gasteiger partial charge is 0.458 e. The van der Waals surface area contributed by atoms with E-state index >= 15 is 0 Å². The van der Waals surface area contributed by atoms with E-state index in [1.807, 2.05) is 0 Å². The summed E-state index contributed by atoms with van der Waals surface area (Å²) in [6.45, 7) is 13.2. The number of ether oxygens (including phenoxy) is 1. The minimum Gasteiger partial charge on any atom is -0.458 e. The van der Waals surface area contributed by atoms with Gasteiger partial charge >= 0.3 is 0 Å². The van der Waals surface area contributed by atoms with Gasteiger partial charge in [-0.25, -0.2) is 0 Å². The Balaban J connectivity index is 0.917. The van der Waals surface area contributed by atoms with Crippen LogP contribution in [0, 0.1) is 0 Å². The van der Waals surface area contributed by atoms with Crippen molar-refractivity contribution in [3.05, 3.63) is 393 Å². The highest BCUT2D eigenvalue weighted by Crippen LogP contribution is 2.55. The molecule has 4 aliphatic rings. The molecule has 16 aromatic rings. The zero-order valence-corrected chi connectivity index (χ0v) is 63.7. The Hall–Kier alpha value is -13.6. The van der Waals surface area contributed by atoms with Crippen LogP contribution in [0.4, 0.5) is 85.3 Å². The summed E-state index contributed by atoms with van der Waals surface area (Å²) in [6.07, 6.45) is 0. The lowest BCUT2D eigenvalue weighted by Gasteiger charge is -2.47. The van der Waals surface area contributed by atoms with E-state index in [1.165, 1.54) is 33.0 Å². The monoisotopic (exact) mass is 1440 g/mol. The van der Waals surface area contributed by atoms with Gasteiger partial charge in [0.2, 0.25) is 0 Å². The number of hydrogen-bond acceptors (Lipinski definition) is 6. The summed E-state index contributed by atoms with van der Waals surface area (Å²) in [7, 11) is 0. The van der Waals surface area contributed by atoms with Crippen molar-refractivity contribution >= 4 is 132 Å².